The Morgan fingerprint density at radius 1 is 1.30 bits per heavy atom. The van der Waals surface area contributed by atoms with Crippen LogP contribution in [0.2, 0.25) is 0 Å². The van der Waals surface area contributed by atoms with Crippen molar-refractivity contribution in [1.82, 2.24) is 19.1 Å². The number of fused-ring (bicyclic) bond motifs is 1. The first-order valence-corrected chi connectivity index (χ1v) is 9.80. The van der Waals surface area contributed by atoms with Crippen LogP contribution in [0.15, 0.2) is 39.0 Å². The lowest BCUT2D eigenvalue weighted by molar-refractivity contribution is 0.0914. The predicted molar refractivity (Wildman–Crippen MR) is 105 cm³/mol. The van der Waals surface area contributed by atoms with Crippen molar-refractivity contribution < 1.29 is 9.84 Å². The van der Waals surface area contributed by atoms with Crippen molar-refractivity contribution in [3.63, 3.8) is 0 Å². The molecule has 2 aromatic heterocycles. The highest BCUT2D eigenvalue weighted by Crippen LogP contribution is 2.20. The number of thioether (sulfide) groups is 1. The van der Waals surface area contributed by atoms with E-state index < -0.39 is 17.4 Å². The molecule has 0 aliphatic rings. The molecule has 1 atom stereocenters. The molecule has 3 rings (SSSR count). The Morgan fingerprint density at radius 2 is 2.00 bits per heavy atom. The van der Waals surface area contributed by atoms with E-state index in [9.17, 15) is 14.7 Å². The maximum Gasteiger partial charge on any atom is 0.329 e. The van der Waals surface area contributed by atoms with Gasteiger partial charge in [-0.2, -0.15) is 0 Å². The van der Waals surface area contributed by atoms with E-state index in [2.05, 4.69) is 16.9 Å². The molecule has 0 radical (unpaired) electrons. The summed E-state index contributed by atoms with van der Waals surface area (Å²) in [5.41, 5.74) is 0.708. The van der Waals surface area contributed by atoms with Gasteiger partial charge in [-0.3, -0.25) is 14.3 Å². The number of aromatic amines is 1. The average Bonchev–Trinajstić information content (AvgIpc) is 3.04. The van der Waals surface area contributed by atoms with Gasteiger partial charge >= 0.3 is 5.69 Å². The van der Waals surface area contributed by atoms with Gasteiger partial charge in [0.2, 0.25) is 0 Å². The highest BCUT2D eigenvalue weighted by molar-refractivity contribution is 7.98. The van der Waals surface area contributed by atoms with Gasteiger partial charge in [-0.05, 0) is 30.4 Å². The minimum atomic E-state index is -0.851. The molecule has 27 heavy (non-hydrogen) atoms. The zero-order chi connectivity index (χ0) is 19.6. The van der Waals surface area contributed by atoms with Crippen molar-refractivity contribution in [2.75, 3.05) is 12.9 Å². The second-order valence-electron chi connectivity index (χ2n) is 6.16. The number of imidazole rings is 1. The molecule has 1 aromatic carbocycles. The maximum atomic E-state index is 12.3. The molecule has 0 fully saturated rings. The van der Waals surface area contributed by atoms with E-state index in [1.54, 1.807) is 11.6 Å². The second-order valence-corrected chi connectivity index (χ2v) is 6.94. The molecule has 0 aliphatic carbocycles. The van der Waals surface area contributed by atoms with E-state index in [4.69, 9.17) is 4.74 Å². The summed E-state index contributed by atoms with van der Waals surface area (Å²) < 4.78 is 8.54. The Hall–Kier alpha value is -2.52. The Balaban J connectivity index is 1.81. The van der Waals surface area contributed by atoms with Crippen LogP contribution in [0.25, 0.3) is 11.2 Å². The quantitative estimate of drug-likeness (QED) is 0.587. The Labute approximate surface area is 159 Å². The smallest absolute Gasteiger partial charge is 0.329 e. The van der Waals surface area contributed by atoms with Crippen molar-refractivity contribution in [2.24, 2.45) is 7.05 Å². The van der Waals surface area contributed by atoms with E-state index in [1.165, 1.54) is 21.9 Å². The number of H-pyrrole nitrogens is 1. The van der Waals surface area contributed by atoms with Crippen molar-refractivity contribution in [1.29, 1.82) is 0 Å². The number of aryl methyl sites for hydroxylation is 2. The maximum absolute atomic E-state index is 12.3. The largest absolute Gasteiger partial charge is 0.491 e. The first kappa shape index (κ1) is 19.2. The van der Waals surface area contributed by atoms with Gasteiger partial charge in [0.25, 0.3) is 5.56 Å². The number of nitrogens with zero attached hydrogens (tertiary/aromatic N) is 3. The fraction of sp³-hybridized carbons (Fsp3) is 0.389. The third-order valence-electron chi connectivity index (χ3n) is 4.32. The lowest BCUT2D eigenvalue weighted by Crippen LogP contribution is -2.30. The molecule has 8 nitrogen and oxygen atoms in total. The Kier molecular flexibility index (Phi) is 5.71. The molecule has 0 saturated carbocycles. The minimum Gasteiger partial charge on any atom is -0.491 e. The van der Waals surface area contributed by atoms with E-state index >= 15 is 0 Å². The monoisotopic (exact) mass is 390 g/mol. The van der Waals surface area contributed by atoms with Crippen LogP contribution in [-0.2, 0) is 20.0 Å². The van der Waals surface area contributed by atoms with Crippen LogP contribution in [0.3, 0.4) is 0 Å². The second kappa shape index (κ2) is 8.01. The van der Waals surface area contributed by atoms with Gasteiger partial charge in [-0.15, -0.1) is 0 Å². The lowest BCUT2D eigenvalue weighted by atomic mass is 10.2. The van der Waals surface area contributed by atoms with Crippen molar-refractivity contribution >= 4 is 22.9 Å². The number of rotatable bonds is 7. The van der Waals surface area contributed by atoms with Gasteiger partial charge in [-0.25, -0.2) is 9.78 Å². The van der Waals surface area contributed by atoms with Gasteiger partial charge in [0.15, 0.2) is 16.3 Å². The normalized spacial score (nSPS) is 12.4. The lowest BCUT2D eigenvalue weighted by Gasteiger charge is -2.15. The Bertz CT molecular complexity index is 1050. The summed E-state index contributed by atoms with van der Waals surface area (Å²) in [5, 5.41) is 11.0. The number of aliphatic hydroxyl groups excluding tert-OH is 1. The van der Waals surface area contributed by atoms with E-state index in [0.29, 0.717) is 10.9 Å². The number of aromatic nitrogens is 4. The third kappa shape index (κ3) is 3.93. The molecule has 2 N–H and O–H groups in total. The fourth-order valence-electron chi connectivity index (χ4n) is 2.82. The number of aliphatic hydroxyl groups is 1. The number of hydrogen-bond acceptors (Lipinski definition) is 6. The van der Waals surface area contributed by atoms with Crippen molar-refractivity contribution in [2.45, 2.75) is 31.1 Å². The summed E-state index contributed by atoms with van der Waals surface area (Å²) in [7, 11) is 1.54. The zero-order valence-corrected chi connectivity index (χ0v) is 16.2. The first-order chi connectivity index (χ1) is 12.9. The summed E-state index contributed by atoms with van der Waals surface area (Å²) in [6.07, 6.45) is 1.92. The van der Waals surface area contributed by atoms with Crippen LogP contribution < -0.4 is 16.0 Å². The molecular weight excluding hydrogens is 368 g/mol. The van der Waals surface area contributed by atoms with E-state index in [-0.39, 0.29) is 24.3 Å². The molecular formula is C18H22N4O4S. The number of benzene rings is 1. The standard InChI is InChI=1S/C18H22N4O4S/c1-4-11-5-7-13(8-6-11)26-10-12(23)9-22-14-15(19-18(22)27-3)21(2)17(25)20-16(14)24/h5-8,12,23H,4,9-10H2,1-3H3,(H,20,24,25)/t12-/m0/s1. The molecule has 0 aliphatic heterocycles. The van der Waals surface area contributed by atoms with Crippen LogP contribution in [-0.4, -0.2) is 43.2 Å². The summed E-state index contributed by atoms with van der Waals surface area (Å²) in [4.78, 5) is 30.7. The van der Waals surface area contributed by atoms with Gasteiger partial charge < -0.3 is 14.4 Å². The van der Waals surface area contributed by atoms with Gasteiger partial charge in [0, 0.05) is 7.05 Å². The van der Waals surface area contributed by atoms with E-state index in [0.717, 1.165) is 6.42 Å². The molecule has 3 aromatic rings. The zero-order valence-electron chi connectivity index (χ0n) is 15.4. The summed E-state index contributed by atoms with van der Waals surface area (Å²) >= 11 is 1.34. The van der Waals surface area contributed by atoms with E-state index in [1.807, 2.05) is 30.5 Å². The van der Waals surface area contributed by atoms with Crippen LogP contribution in [0.1, 0.15) is 12.5 Å². The van der Waals surface area contributed by atoms with Gasteiger partial charge in [-0.1, -0.05) is 30.8 Å². The topological polar surface area (TPSA) is 102 Å². The molecule has 144 valence electrons. The SMILES string of the molecule is CCc1ccc(OC[C@@H](O)Cn2c(SC)nc3c2c(=O)[nH]c(=O)n3C)cc1. The summed E-state index contributed by atoms with van der Waals surface area (Å²) in [5.74, 6) is 0.673. The van der Waals surface area contributed by atoms with Crippen LogP contribution in [0.5, 0.6) is 5.75 Å². The minimum absolute atomic E-state index is 0.0721. The van der Waals surface area contributed by atoms with Gasteiger partial charge in [0.1, 0.15) is 18.5 Å². The highest BCUT2D eigenvalue weighted by atomic mass is 32.2. The van der Waals surface area contributed by atoms with Gasteiger partial charge in [0.05, 0.1) is 6.54 Å². The van der Waals surface area contributed by atoms with Crippen LogP contribution >= 0.6 is 11.8 Å². The first-order valence-electron chi connectivity index (χ1n) is 8.58. The molecule has 2 heterocycles. The molecule has 0 saturated heterocycles. The van der Waals surface area contributed by atoms with Crippen LogP contribution in [0, 0.1) is 0 Å². The molecule has 0 unspecified atom stereocenters. The summed E-state index contributed by atoms with van der Waals surface area (Å²) in [6, 6.07) is 7.70. The molecule has 0 spiro atoms. The molecule has 9 heteroatoms. The van der Waals surface area contributed by atoms with Crippen molar-refractivity contribution in [3.05, 3.63) is 50.7 Å². The number of hydrogen-bond donors (Lipinski definition) is 2. The number of nitrogens with one attached hydrogen (secondary N) is 1. The third-order valence-corrected chi connectivity index (χ3v) is 5.00. The molecule has 0 bridgehead atoms. The highest BCUT2D eigenvalue weighted by Gasteiger charge is 2.19. The summed E-state index contributed by atoms with van der Waals surface area (Å²) in [6.45, 7) is 2.28. The average molecular weight is 390 g/mol. The molecule has 0 amide bonds. The Morgan fingerprint density at radius 3 is 2.63 bits per heavy atom. The van der Waals surface area contributed by atoms with Crippen LogP contribution in [0.4, 0.5) is 0 Å². The predicted octanol–water partition coefficient (Wildman–Crippen LogP) is 1.15. The number of ether oxygens (including phenoxy) is 1. The van der Waals surface area contributed by atoms with Crippen molar-refractivity contribution in [3.8, 4) is 5.75 Å². The fourth-order valence-corrected chi connectivity index (χ4v) is 3.38.